The van der Waals surface area contributed by atoms with Crippen LogP contribution in [0.25, 0.3) is 11.0 Å². The first-order valence-corrected chi connectivity index (χ1v) is 9.66. The van der Waals surface area contributed by atoms with Gasteiger partial charge in [-0.3, -0.25) is 30.3 Å². The van der Waals surface area contributed by atoms with Gasteiger partial charge in [0.15, 0.2) is 0 Å². The Morgan fingerprint density at radius 3 is 2.27 bits per heavy atom. The first-order chi connectivity index (χ1) is 14.4. The van der Waals surface area contributed by atoms with E-state index in [-0.39, 0.29) is 11.6 Å². The molecule has 0 atom stereocenters. The third-order valence-corrected chi connectivity index (χ3v) is 5.35. The Morgan fingerprint density at radius 2 is 1.63 bits per heavy atom. The predicted octanol–water partition coefficient (Wildman–Crippen LogP) is 4.61. The lowest BCUT2D eigenvalue weighted by Gasteiger charge is -2.25. The molecule has 0 radical (unpaired) electrons. The third kappa shape index (κ3) is 3.71. The molecule has 4 rings (SSSR count). The van der Waals surface area contributed by atoms with E-state index in [4.69, 9.17) is 0 Å². The minimum Gasteiger partial charge on any atom is -0.307 e. The van der Waals surface area contributed by atoms with Gasteiger partial charge in [-0.2, -0.15) is 0 Å². The topological polar surface area (TPSA) is 133 Å². The molecule has 0 aliphatic heterocycles. The van der Waals surface area contributed by atoms with Gasteiger partial charge >= 0.3 is 0 Å². The molecule has 30 heavy (non-hydrogen) atoms. The van der Waals surface area contributed by atoms with Crippen molar-refractivity contribution in [3.05, 3.63) is 68.3 Å². The average Bonchev–Trinajstić information content (AvgIpc) is 3.11. The molecule has 1 aromatic heterocycles. The minimum absolute atomic E-state index is 0.168. The molecule has 0 bridgehead atoms. The van der Waals surface area contributed by atoms with Gasteiger partial charge in [0.05, 0.1) is 32.5 Å². The van der Waals surface area contributed by atoms with Crippen molar-refractivity contribution in [2.24, 2.45) is 0 Å². The van der Waals surface area contributed by atoms with Gasteiger partial charge in [-0.25, -0.2) is 4.98 Å². The highest BCUT2D eigenvalue weighted by Crippen LogP contribution is 2.34. The fourth-order valence-corrected chi connectivity index (χ4v) is 3.95. The molecule has 10 heteroatoms. The zero-order valence-electron chi connectivity index (χ0n) is 16.0. The number of hydrogen-bond acceptors (Lipinski definition) is 6. The number of imidazole rings is 1. The van der Waals surface area contributed by atoms with Crippen molar-refractivity contribution in [1.29, 1.82) is 0 Å². The SMILES string of the molecule is O=C(Nc1nc2ccccc2n1C1CCCCC1)c1cc([N+](=O)[O-])cc([N+](=O)[O-])c1. The molecule has 0 unspecified atom stereocenters. The van der Waals surface area contributed by atoms with Crippen LogP contribution in [0.15, 0.2) is 42.5 Å². The van der Waals surface area contributed by atoms with Crippen LogP contribution in [-0.4, -0.2) is 25.3 Å². The molecule has 2 aromatic carbocycles. The second-order valence-electron chi connectivity index (χ2n) is 7.29. The monoisotopic (exact) mass is 409 g/mol. The molecule has 0 spiro atoms. The average molecular weight is 409 g/mol. The van der Waals surface area contributed by atoms with Gasteiger partial charge in [-0.15, -0.1) is 0 Å². The maximum Gasteiger partial charge on any atom is 0.277 e. The summed E-state index contributed by atoms with van der Waals surface area (Å²) in [5.41, 5.74) is 0.413. The van der Waals surface area contributed by atoms with E-state index in [1.54, 1.807) is 0 Å². The van der Waals surface area contributed by atoms with Crippen LogP contribution in [0.3, 0.4) is 0 Å². The third-order valence-electron chi connectivity index (χ3n) is 5.35. The summed E-state index contributed by atoms with van der Waals surface area (Å²) >= 11 is 0. The van der Waals surface area contributed by atoms with Crippen LogP contribution in [0.5, 0.6) is 0 Å². The predicted molar refractivity (Wildman–Crippen MR) is 110 cm³/mol. The number of carbonyl (C=O) groups is 1. The number of hydrogen-bond donors (Lipinski definition) is 1. The van der Waals surface area contributed by atoms with Crippen molar-refractivity contribution in [3.8, 4) is 0 Å². The number of amides is 1. The van der Waals surface area contributed by atoms with Crippen LogP contribution in [0.1, 0.15) is 48.5 Å². The maximum absolute atomic E-state index is 12.9. The number of nitrogens with zero attached hydrogens (tertiary/aromatic N) is 4. The van der Waals surface area contributed by atoms with Gasteiger partial charge in [0, 0.05) is 18.2 Å². The van der Waals surface area contributed by atoms with E-state index >= 15 is 0 Å². The van der Waals surface area contributed by atoms with Gasteiger partial charge in [0.25, 0.3) is 17.3 Å². The molecule has 1 amide bonds. The Morgan fingerprint density at radius 1 is 1.00 bits per heavy atom. The minimum atomic E-state index is -0.763. The Balaban J connectivity index is 1.73. The first kappa shape index (κ1) is 19.5. The molecule has 1 aliphatic rings. The lowest BCUT2D eigenvalue weighted by atomic mass is 9.95. The van der Waals surface area contributed by atoms with Crippen molar-refractivity contribution >= 4 is 34.3 Å². The first-order valence-electron chi connectivity index (χ1n) is 9.66. The maximum atomic E-state index is 12.9. The van der Waals surface area contributed by atoms with Gasteiger partial charge in [-0.1, -0.05) is 31.4 Å². The highest BCUT2D eigenvalue weighted by Gasteiger charge is 2.24. The number of anilines is 1. The quantitative estimate of drug-likeness (QED) is 0.483. The van der Waals surface area contributed by atoms with E-state index in [1.807, 2.05) is 28.8 Å². The van der Waals surface area contributed by atoms with E-state index in [2.05, 4.69) is 10.3 Å². The molecule has 1 fully saturated rings. The van der Waals surface area contributed by atoms with Gasteiger partial charge in [-0.05, 0) is 25.0 Å². The molecule has 1 heterocycles. The van der Waals surface area contributed by atoms with Crippen LogP contribution in [0.4, 0.5) is 17.3 Å². The number of para-hydroxylation sites is 2. The standard InChI is InChI=1S/C20H19N5O5/c26-19(13-10-15(24(27)28)12-16(11-13)25(29)30)22-20-21-17-8-4-5-9-18(17)23(20)14-6-2-1-3-7-14/h4-5,8-12,14H,1-3,6-7H2,(H,21,22,26). The number of nitrogens with one attached hydrogen (secondary N) is 1. The zero-order valence-corrected chi connectivity index (χ0v) is 16.0. The van der Waals surface area contributed by atoms with Gasteiger partial charge in [0.2, 0.25) is 5.95 Å². The highest BCUT2D eigenvalue weighted by atomic mass is 16.6. The number of aromatic nitrogens is 2. The van der Waals surface area contributed by atoms with E-state index in [0.717, 1.165) is 54.9 Å². The molecule has 1 aliphatic carbocycles. The van der Waals surface area contributed by atoms with Crippen molar-refractivity contribution in [3.63, 3.8) is 0 Å². The summed E-state index contributed by atoms with van der Waals surface area (Å²) in [6, 6.07) is 10.6. The fourth-order valence-electron chi connectivity index (χ4n) is 3.95. The van der Waals surface area contributed by atoms with Crippen LogP contribution in [0, 0.1) is 20.2 Å². The second-order valence-corrected chi connectivity index (χ2v) is 7.29. The summed E-state index contributed by atoms with van der Waals surface area (Å²) in [4.78, 5) is 38.1. The Hall–Kier alpha value is -3.82. The molecule has 3 aromatic rings. The van der Waals surface area contributed by atoms with Gasteiger partial charge < -0.3 is 4.57 Å². The Kier molecular flexibility index (Phi) is 5.13. The number of carbonyl (C=O) groups excluding carboxylic acids is 1. The number of nitro benzene ring substituents is 2. The number of non-ortho nitro benzene ring substituents is 2. The molecular formula is C20H19N5O5. The van der Waals surface area contributed by atoms with Crippen molar-refractivity contribution < 1.29 is 14.6 Å². The molecule has 154 valence electrons. The van der Waals surface area contributed by atoms with E-state index in [1.165, 1.54) is 6.42 Å². The largest absolute Gasteiger partial charge is 0.307 e. The second kappa shape index (κ2) is 7.90. The lowest BCUT2D eigenvalue weighted by molar-refractivity contribution is -0.394. The Labute approximate surface area is 170 Å². The summed E-state index contributed by atoms with van der Waals surface area (Å²) in [7, 11) is 0. The molecule has 1 N–H and O–H groups in total. The van der Waals surface area contributed by atoms with Gasteiger partial charge in [0.1, 0.15) is 0 Å². The molecule has 0 saturated heterocycles. The van der Waals surface area contributed by atoms with E-state index in [9.17, 15) is 25.0 Å². The summed E-state index contributed by atoms with van der Waals surface area (Å²) in [6.45, 7) is 0. The normalized spacial score (nSPS) is 14.5. The smallest absolute Gasteiger partial charge is 0.277 e. The summed E-state index contributed by atoms with van der Waals surface area (Å²) < 4.78 is 2.00. The summed E-state index contributed by atoms with van der Waals surface area (Å²) in [5, 5.41) is 25.0. The highest BCUT2D eigenvalue weighted by molar-refractivity contribution is 6.05. The Bertz CT molecular complexity index is 1120. The van der Waals surface area contributed by atoms with Crippen LogP contribution >= 0.6 is 0 Å². The van der Waals surface area contributed by atoms with Crippen LogP contribution in [-0.2, 0) is 0 Å². The van der Waals surface area contributed by atoms with E-state index < -0.39 is 27.1 Å². The summed E-state index contributed by atoms with van der Waals surface area (Å²) in [5.74, 6) is -0.351. The zero-order chi connectivity index (χ0) is 21.3. The van der Waals surface area contributed by atoms with Crippen molar-refractivity contribution in [1.82, 2.24) is 9.55 Å². The number of nitro groups is 2. The van der Waals surface area contributed by atoms with Crippen molar-refractivity contribution in [2.75, 3.05) is 5.32 Å². The summed E-state index contributed by atoms with van der Waals surface area (Å²) in [6.07, 6.45) is 5.27. The molecule has 1 saturated carbocycles. The molecule has 10 nitrogen and oxygen atoms in total. The fraction of sp³-hybridized carbons (Fsp3) is 0.300. The molecular weight excluding hydrogens is 390 g/mol. The van der Waals surface area contributed by atoms with Crippen molar-refractivity contribution in [2.45, 2.75) is 38.1 Å². The number of benzene rings is 2. The number of fused-ring (bicyclic) bond motifs is 1. The number of rotatable bonds is 5. The lowest BCUT2D eigenvalue weighted by Crippen LogP contribution is -2.20. The van der Waals surface area contributed by atoms with Crippen LogP contribution in [0.2, 0.25) is 0 Å². The van der Waals surface area contributed by atoms with Crippen LogP contribution < -0.4 is 5.32 Å². The van der Waals surface area contributed by atoms with E-state index in [0.29, 0.717) is 5.95 Å².